The van der Waals surface area contributed by atoms with E-state index in [9.17, 15) is 9.90 Å². The van der Waals surface area contributed by atoms with Crippen molar-refractivity contribution in [3.8, 4) is 5.75 Å². The van der Waals surface area contributed by atoms with E-state index in [4.69, 9.17) is 0 Å². The summed E-state index contributed by atoms with van der Waals surface area (Å²) in [6.45, 7) is 3.34. The first kappa shape index (κ1) is 13.0. The number of carbonyl (C=O) groups excluding carboxylic acids is 1. The van der Waals surface area contributed by atoms with E-state index in [1.165, 1.54) is 0 Å². The van der Waals surface area contributed by atoms with Crippen LogP contribution in [0.3, 0.4) is 0 Å². The Morgan fingerprint density at radius 3 is 2.69 bits per heavy atom. The molecule has 0 radical (unpaired) electrons. The molecule has 1 aromatic carbocycles. The van der Waals surface area contributed by atoms with Gasteiger partial charge in [-0.15, -0.1) is 0 Å². The molecule has 0 aliphatic heterocycles. The maximum absolute atomic E-state index is 11.9. The highest BCUT2D eigenvalue weighted by molar-refractivity contribution is 9.09. The second-order valence-electron chi connectivity index (χ2n) is 3.47. The number of phenolic OH excluding ortho intramolecular Hbond substituents is 1. The molecule has 88 valence electrons. The largest absolute Gasteiger partial charge is 0.508 e. The highest BCUT2D eigenvalue weighted by Crippen LogP contribution is 2.16. The van der Waals surface area contributed by atoms with Crippen molar-refractivity contribution in [3.63, 3.8) is 0 Å². The van der Waals surface area contributed by atoms with Crippen LogP contribution in [0.15, 0.2) is 24.3 Å². The maximum atomic E-state index is 11.9. The summed E-state index contributed by atoms with van der Waals surface area (Å²) in [6, 6.07) is 6.95. The van der Waals surface area contributed by atoms with Gasteiger partial charge in [0.25, 0.3) is 0 Å². The van der Waals surface area contributed by atoms with Crippen LogP contribution in [0.2, 0.25) is 0 Å². The molecule has 0 unspecified atom stereocenters. The molecular weight excluding hydrogens is 270 g/mol. The third-order valence-electron chi connectivity index (χ3n) is 2.42. The zero-order valence-corrected chi connectivity index (χ0v) is 10.9. The van der Waals surface area contributed by atoms with Crippen molar-refractivity contribution in [1.82, 2.24) is 4.90 Å². The van der Waals surface area contributed by atoms with Gasteiger partial charge in [-0.3, -0.25) is 4.79 Å². The summed E-state index contributed by atoms with van der Waals surface area (Å²) in [5, 5.41) is 10.3. The van der Waals surface area contributed by atoms with Crippen LogP contribution >= 0.6 is 15.9 Å². The standard InChI is InChI=1S/C12H16BrNO2/c1-2-14(8-7-13)12(16)9-10-5-3-4-6-11(10)15/h3-6,15H,2,7-9H2,1H3. The number of para-hydroxylation sites is 1. The van der Waals surface area contributed by atoms with Crippen molar-refractivity contribution in [2.45, 2.75) is 13.3 Å². The number of likely N-dealkylation sites (N-methyl/N-ethyl adjacent to an activating group) is 1. The van der Waals surface area contributed by atoms with Gasteiger partial charge in [-0.05, 0) is 13.0 Å². The van der Waals surface area contributed by atoms with E-state index < -0.39 is 0 Å². The van der Waals surface area contributed by atoms with E-state index in [1.807, 2.05) is 13.0 Å². The zero-order valence-electron chi connectivity index (χ0n) is 9.32. The first-order chi connectivity index (χ1) is 7.69. The molecule has 0 fully saturated rings. The summed E-state index contributed by atoms with van der Waals surface area (Å²) in [7, 11) is 0. The Morgan fingerprint density at radius 2 is 2.12 bits per heavy atom. The number of halogens is 1. The molecule has 1 aromatic rings. The Bertz CT molecular complexity index is 355. The minimum absolute atomic E-state index is 0.0449. The number of benzene rings is 1. The summed E-state index contributed by atoms with van der Waals surface area (Å²) >= 11 is 3.32. The van der Waals surface area contributed by atoms with Crippen molar-refractivity contribution in [2.75, 3.05) is 18.4 Å². The molecule has 0 saturated carbocycles. The van der Waals surface area contributed by atoms with Crippen LogP contribution < -0.4 is 0 Å². The summed E-state index contributed by atoms with van der Waals surface area (Å²) in [4.78, 5) is 13.6. The molecule has 0 spiro atoms. The lowest BCUT2D eigenvalue weighted by Gasteiger charge is -2.19. The van der Waals surface area contributed by atoms with E-state index in [0.29, 0.717) is 18.7 Å². The van der Waals surface area contributed by atoms with Crippen LogP contribution in [-0.2, 0) is 11.2 Å². The van der Waals surface area contributed by atoms with Crippen LogP contribution in [0, 0.1) is 0 Å². The van der Waals surface area contributed by atoms with Gasteiger partial charge in [0.2, 0.25) is 5.91 Å². The fraction of sp³-hybridized carbons (Fsp3) is 0.417. The van der Waals surface area contributed by atoms with Crippen LogP contribution in [0.1, 0.15) is 12.5 Å². The summed E-state index contributed by atoms with van der Waals surface area (Å²) in [6.07, 6.45) is 0.257. The zero-order chi connectivity index (χ0) is 12.0. The first-order valence-corrected chi connectivity index (χ1v) is 6.41. The topological polar surface area (TPSA) is 40.5 Å². The lowest BCUT2D eigenvalue weighted by molar-refractivity contribution is -0.130. The Morgan fingerprint density at radius 1 is 1.44 bits per heavy atom. The van der Waals surface area contributed by atoms with Crippen molar-refractivity contribution < 1.29 is 9.90 Å². The third kappa shape index (κ3) is 3.52. The number of hydrogen-bond donors (Lipinski definition) is 1. The highest BCUT2D eigenvalue weighted by atomic mass is 79.9. The Hall–Kier alpha value is -1.03. The van der Waals surface area contributed by atoms with Crippen molar-refractivity contribution in [2.24, 2.45) is 0 Å². The van der Waals surface area contributed by atoms with Crippen molar-refractivity contribution in [1.29, 1.82) is 0 Å². The molecule has 0 aliphatic carbocycles. The number of alkyl halides is 1. The SMILES string of the molecule is CCN(CCBr)C(=O)Cc1ccccc1O. The number of aromatic hydroxyl groups is 1. The lowest BCUT2D eigenvalue weighted by Crippen LogP contribution is -2.33. The number of nitrogens with zero attached hydrogens (tertiary/aromatic N) is 1. The van der Waals surface area contributed by atoms with E-state index in [0.717, 1.165) is 5.33 Å². The van der Waals surface area contributed by atoms with Gasteiger partial charge in [0.1, 0.15) is 5.75 Å². The number of phenols is 1. The molecule has 1 amide bonds. The normalized spacial score (nSPS) is 10.1. The fourth-order valence-corrected chi connectivity index (χ4v) is 1.92. The van der Waals surface area contributed by atoms with Gasteiger partial charge in [0.05, 0.1) is 6.42 Å². The van der Waals surface area contributed by atoms with Crippen LogP contribution in [0.4, 0.5) is 0 Å². The molecule has 1 N–H and O–H groups in total. The molecule has 3 nitrogen and oxygen atoms in total. The van der Waals surface area contributed by atoms with Gasteiger partial charge in [0.15, 0.2) is 0 Å². The third-order valence-corrected chi connectivity index (χ3v) is 2.78. The fourth-order valence-electron chi connectivity index (χ4n) is 1.50. The summed E-state index contributed by atoms with van der Waals surface area (Å²) < 4.78 is 0. The molecule has 0 saturated heterocycles. The molecule has 0 heterocycles. The average molecular weight is 286 g/mol. The molecule has 0 aromatic heterocycles. The predicted molar refractivity (Wildman–Crippen MR) is 67.9 cm³/mol. The second-order valence-corrected chi connectivity index (χ2v) is 4.26. The average Bonchev–Trinajstić information content (AvgIpc) is 2.29. The van der Waals surface area contributed by atoms with E-state index in [1.54, 1.807) is 23.1 Å². The van der Waals surface area contributed by atoms with Gasteiger partial charge in [-0.1, -0.05) is 34.1 Å². The van der Waals surface area contributed by atoms with E-state index in [2.05, 4.69) is 15.9 Å². The Labute approximate surface area is 104 Å². The summed E-state index contributed by atoms with van der Waals surface area (Å²) in [5.74, 6) is 0.231. The van der Waals surface area contributed by atoms with Gasteiger partial charge in [-0.25, -0.2) is 0 Å². The minimum Gasteiger partial charge on any atom is -0.508 e. The van der Waals surface area contributed by atoms with Gasteiger partial charge in [0, 0.05) is 24.0 Å². The van der Waals surface area contributed by atoms with Gasteiger partial charge >= 0.3 is 0 Å². The Balaban J connectivity index is 2.66. The Kier molecular flexibility index (Phi) is 5.32. The van der Waals surface area contributed by atoms with Crippen molar-refractivity contribution >= 4 is 21.8 Å². The van der Waals surface area contributed by atoms with E-state index >= 15 is 0 Å². The van der Waals surface area contributed by atoms with Gasteiger partial charge in [-0.2, -0.15) is 0 Å². The molecule has 1 rings (SSSR count). The summed E-state index contributed by atoms with van der Waals surface area (Å²) in [5.41, 5.74) is 0.681. The molecular formula is C12H16BrNO2. The minimum atomic E-state index is 0.0449. The van der Waals surface area contributed by atoms with Crippen LogP contribution in [0.5, 0.6) is 5.75 Å². The molecule has 0 aliphatic rings. The smallest absolute Gasteiger partial charge is 0.227 e. The van der Waals surface area contributed by atoms with Gasteiger partial charge < -0.3 is 10.0 Å². The number of amides is 1. The monoisotopic (exact) mass is 285 g/mol. The number of carbonyl (C=O) groups is 1. The quantitative estimate of drug-likeness (QED) is 0.843. The van der Waals surface area contributed by atoms with Crippen LogP contribution in [-0.4, -0.2) is 34.3 Å². The number of rotatable bonds is 5. The molecule has 0 bridgehead atoms. The van der Waals surface area contributed by atoms with E-state index in [-0.39, 0.29) is 18.1 Å². The number of hydrogen-bond acceptors (Lipinski definition) is 2. The lowest BCUT2D eigenvalue weighted by atomic mass is 10.1. The van der Waals surface area contributed by atoms with Crippen LogP contribution in [0.25, 0.3) is 0 Å². The molecule has 0 atom stereocenters. The predicted octanol–water partition coefficient (Wildman–Crippen LogP) is 2.18. The first-order valence-electron chi connectivity index (χ1n) is 5.29. The molecule has 4 heteroatoms. The highest BCUT2D eigenvalue weighted by Gasteiger charge is 2.13. The maximum Gasteiger partial charge on any atom is 0.227 e. The van der Waals surface area contributed by atoms with Crippen molar-refractivity contribution in [3.05, 3.63) is 29.8 Å². The second kappa shape index (κ2) is 6.53. The molecule has 16 heavy (non-hydrogen) atoms.